The van der Waals surface area contributed by atoms with E-state index in [0.29, 0.717) is 22.1 Å². The molecule has 4 heteroatoms. The maximum absolute atomic E-state index is 12.4. The number of nitrogen functional groups attached to an aromatic ring is 1. The molecule has 3 rings (SSSR count). The molecule has 3 aromatic rings. The molecule has 0 atom stereocenters. The minimum absolute atomic E-state index is 0.167. The Morgan fingerprint density at radius 1 is 1.05 bits per heavy atom. The minimum Gasteiger partial charge on any atom is -0.383 e. The first-order valence-electron chi connectivity index (χ1n) is 6.11. The molecule has 2 N–H and O–H groups in total. The lowest BCUT2D eigenvalue weighted by molar-refractivity contribution is 0.103. The molecule has 0 radical (unpaired) electrons. The van der Waals surface area contributed by atoms with Gasteiger partial charge in [0.1, 0.15) is 11.5 Å². The first-order valence-corrected chi connectivity index (χ1v) is 6.48. The standard InChI is InChI=1S/C16H11ClN2O/c17-12-7-5-10(6-8-12)15(20)14-9-11-3-1-2-4-13(11)16(18)19-14/h1-9H,(H2,18,19). The number of fused-ring (bicyclic) bond motifs is 1. The monoisotopic (exact) mass is 282 g/mol. The van der Waals surface area contributed by atoms with E-state index in [1.807, 2.05) is 24.3 Å². The van der Waals surface area contributed by atoms with Gasteiger partial charge in [-0.05, 0) is 35.7 Å². The summed E-state index contributed by atoms with van der Waals surface area (Å²) in [6.07, 6.45) is 0. The van der Waals surface area contributed by atoms with Crippen molar-refractivity contribution in [1.82, 2.24) is 4.98 Å². The van der Waals surface area contributed by atoms with Crippen LogP contribution in [0.3, 0.4) is 0 Å². The molecule has 3 nitrogen and oxygen atoms in total. The van der Waals surface area contributed by atoms with Crippen LogP contribution in [-0.4, -0.2) is 10.8 Å². The third-order valence-electron chi connectivity index (χ3n) is 3.11. The van der Waals surface area contributed by atoms with Gasteiger partial charge in [-0.25, -0.2) is 4.98 Å². The van der Waals surface area contributed by atoms with Gasteiger partial charge in [-0.2, -0.15) is 0 Å². The highest BCUT2D eigenvalue weighted by Gasteiger charge is 2.12. The van der Waals surface area contributed by atoms with Crippen molar-refractivity contribution < 1.29 is 4.79 Å². The van der Waals surface area contributed by atoms with Gasteiger partial charge in [0.2, 0.25) is 5.78 Å². The van der Waals surface area contributed by atoms with E-state index in [0.717, 1.165) is 10.8 Å². The molecule has 0 aliphatic rings. The highest BCUT2D eigenvalue weighted by molar-refractivity contribution is 6.30. The molecule has 0 fully saturated rings. The second-order valence-corrected chi connectivity index (χ2v) is 4.89. The van der Waals surface area contributed by atoms with E-state index in [4.69, 9.17) is 17.3 Å². The van der Waals surface area contributed by atoms with Gasteiger partial charge in [-0.3, -0.25) is 4.79 Å². The zero-order chi connectivity index (χ0) is 14.1. The van der Waals surface area contributed by atoms with Gasteiger partial charge in [-0.15, -0.1) is 0 Å². The van der Waals surface area contributed by atoms with Crippen molar-refractivity contribution in [1.29, 1.82) is 0 Å². The Morgan fingerprint density at radius 2 is 1.75 bits per heavy atom. The molecule has 98 valence electrons. The molecule has 0 amide bonds. The molecule has 1 heterocycles. The number of pyridine rings is 1. The average molecular weight is 283 g/mol. The summed E-state index contributed by atoms with van der Waals surface area (Å²) in [6, 6.07) is 16.1. The number of carbonyl (C=O) groups is 1. The predicted molar refractivity (Wildman–Crippen MR) is 81.0 cm³/mol. The summed E-state index contributed by atoms with van der Waals surface area (Å²) in [4.78, 5) is 16.6. The fourth-order valence-corrected chi connectivity index (χ4v) is 2.22. The third kappa shape index (κ3) is 2.24. The van der Waals surface area contributed by atoms with Crippen molar-refractivity contribution in [2.75, 3.05) is 5.73 Å². The Hall–Kier alpha value is -2.39. The number of hydrogen-bond acceptors (Lipinski definition) is 3. The van der Waals surface area contributed by atoms with Gasteiger partial charge in [0.15, 0.2) is 0 Å². The molecule has 0 saturated carbocycles. The van der Waals surface area contributed by atoms with Gasteiger partial charge in [-0.1, -0.05) is 35.9 Å². The van der Waals surface area contributed by atoms with E-state index in [9.17, 15) is 4.79 Å². The van der Waals surface area contributed by atoms with Crippen LogP contribution >= 0.6 is 11.6 Å². The van der Waals surface area contributed by atoms with Gasteiger partial charge < -0.3 is 5.73 Å². The number of halogens is 1. The third-order valence-corrected chi connectivity index (χ3v) is 3.36. The van der Waals surface area contributed by atoms with E-state index < -0.39 is 0 Å². The van der Waals surface area contributed by atoms with Crippen molar-refractivity contribution in [3.63, 3.8) is 0 Å². The maximum atomic E-state index is 12.4. The van der Waals surface area contributed by atoms with Crippen LogP contribution in [0.1, 0.15) is 16.1 Å². The van der Waals surface area contributed by atoms with Crippen LogP contribution < -0.4 is 5.73 Å². The number of nitrogens with two attached hydrogens (primary N) is 1. The number of benzene rings is 2. The smallest absolute Gasteiger partial charge is 0.211 e. The Kier molecular flexibility index (Phi) is 3.12. The molecule has 1 aromatic heterocycles. The summed E-state index contributed by atoms with van der Waals surface area (Å²) in [6.45, 7) is 0. The quantitative estimate of drug-likeness (QED) is 0.729. The number of aromatic nitrogens is 1. The highest BCUT2D eigenvalue weighted by Crippen LogP contribution is 2.21. The van der Waals surface area contributed by atoms with Crippen molar-refractivity contribution in [2.45, 2.75) is 0 Å². The molecule has 0 aliphatic heterocycles. The zero-order valence-corrected chi connectivity index (χ0v) is 11.3. The Morgan fingerprint density at radius 3 is 2.50 bits per heavy atom. The Bertz CT molecular complexity index is 797. The molecule has 0 unspecified atom stereocenters. The van der Waals surface area contributed by atoms with Crippen molar-refractivity contribution in [2.24, 2.45) is 0 Å². The zero-order valence-electron chi connectivity index (χ0n) is 10.5. The highest BCUT2D eigenvalue weighted by atomic mass is 35.5. The summed E-state index contributed by atoms with van der Waals surface area (Å²) >= 11 is 5.82. The lowest BCUT2D eigenvalue weighted by Crippen LogP contribution is -2.06. The molecule has 2 aromatic carbocycles. The molecule has 0 aliphatic carbocycles. The fraction of sp³-hybridized carbons (Fsp3) is 0. The van der Waals surface area contributed by atoms with Gasteiger partial charge in [0, 0.05) is 16.0 Å². The normalized spacial score (nSPS) is 10.7. The van der Waals surface area contributed by atoms with E-state index in [1.54, 1.807) is 30.3 Å². The molecule has 0 saturated heterocycles. The molecular formula is C16H11ClN2O. The summed E-state index contributed by atoms with van der Waals surface area (Å²) in [5.41, 5.74) is 6.79. The molecule has 0 spiro atoms. The minimum atomic E-state index is -0.167. The van der Waals surface area contributed by atoms with Crippen LogP contribution in [-0.2, 0) is 0 Å². The van der Waals surface area contributed by atoms with Gasteiger partial charge >= 0.3 is 0 Å². The average Bonchev–Trinajstić information content (AvgIpc) is 2.47. The predicted octanol–water partition coefficient (Wildman–Crippen LogP) is 3.70. The topological polar surface area (TPSA) is 56.0 Å². The lowest BCUT2D eigenvalue weighted by Gasteiger charge is -2.05. The van der Waals surface area contributed by atoms with Crippen molar-refractivity contribution in [3.05, 3.63) is 70.9 Å². The Balaban J connectivity index is 2.10. The van der Waals surface area contributed by atoms with Crippen LogP contribution in [0.4, 0.5) is 5.82 Å². The number of carbonyl (C=O) groups excluding carboxylic acids is 1. The van der Waals surface area contributed by atoms with Crippen LogP contribution in [0, 0.1) is 0 Å². The number of hydrogen-bond donors (Lipinski definition) is 1. The SMILES string of the molecule is Nc1nc(C(=O)c2ccc(Cl)cc2)cc2ccccc12. The van der Waals surface area contributed by atoms with Crippen LogP contribution in [0.2, 0.25) is 5.02 Å². The van der Waals surface area contributed by atoms with E-state index >= 15 is 0 Å². The van der Waals surface area contributed by atoms with E-state index in [-0.39, 0.29) is 5.78 Å². The molecule has 0 bridgehead atoms. The summed E-state index contributed by atoms with van der Waals surface area (Å²) in [7, 11) is 0. The first kappa shape index (κ1) is 12.6. The second kappa shape index (κ2) is 4.94. The maximum Gasteiger partial charge on any atom is 0.211 e. The first-order chi connectivity index (χ1) is 9.65. The Labute approximate surface area is 121 Å². The molecule has 20 heavy (non-hydrogen) atoms. The van der Waals surface area contributed by atoms with Crippen LogP contribution in [0.15, 0.2) is 54.6 Å². The van der Waals surface area contributed by atoms with Crippen LogP contribution in [0.25, 0.3) is 10.8 Å². The largest absolute Gasteiger partial charge is 0.383 e. The number of ketones is 1. The summed E-state index contributed by atoms with van der Waals surface area (Å²) in [5.74, 6) is 0.194. The van der Waals surface area contributed by atoms with E-state index in [1.165, 1.54) is 0 Å². The summed E-state index contributed by atoms with van der Waals surface area (Å²) < 4.78 is 0. The fourth-order valence-electron chi connectivity index (χ4n) is 2.09. The molecular weight excluding hydrogens is 272 g/mol. The summed E-state index contributed by atoms with van der Waals surface area (Å²) in [5, 5.41) is 2.34. The van der Waals surface area contributed by atoms with Crippen molar-refractivity contribution >= 4 is 34.0 Å². The second-order valence-electron chi connectivity index (χ2n) is 4.45. The number of nitrogens with zero attached hydrogens (tertiary/aromatic N) is 1. The number of anilines is 1. The lowest BCUT2D eigenvalue weighted by atomic mass is 10.0. The number of rotatable bonds is 2. The van der Waals surface area contributed by atoms with Gasteiger partial charge in [0.25, 0.3) is 0 Å². The van der Waals surface area contributed by atoms with Crippen LogP contribution in [0.5, 0.6) is 0 Å². The van der Waals surface area contributed by atoms with Gasteiger partial charge in [0.05, 0.1) is 0 Å². The van der Waals surface area contributed by atoms with Crippen molar-refractivity contribution in [3.8, 4) is 0 Å². The van der Waals surface area contributed by atoms with E-state index in [2.05, 4.69) is 4.98 Å².